The lowest BCUT2D eigenvalue weighted by Gasteiger charge is -2.35. The van der Waals surface area contributed by atoms with E-state index < -0.39 is 0 Å². The maximum atomic E-state index is 9.57. The van der Waals surface area contributed by atoms with Crippen LogP contribution in [-0.4, -0.2) is 41.4 Å². The molecule has 5 heteroatoms. The Bertz CT molecular complexity index is 603. The van der Waals surface area contributed by atoms with E-state index >= 15 is 0 Å². The molecule has 1 N–H and O–H groups in total. The Morgan fingerprint density at radius 3 is 2.70 bits per heavy atom. The van der Waals surface area contributed by atoms with Gasteiger partial charge in [0.2, 0.25) is 0 Å². The Hall–Kier alpha value is -1.88. The van der Waals surface area contributed by atoms with Crippen LogP contribution in [0.5, 0.6) is 5.88 Å². The number of methoxy groups -OCH3 is 1. The van der Waals surface area contributed by atoms with Crippen molar-refractivity contribution in [3.63, 3.8) is 0 Å². The minimum atomic E-state index is 0.105. The van der Waals surface area contributed by atoms with Crippen LogP contribution in [0, 0.1) is 0 Å². The number of nitrogens with zero attached hydrogens (tertiary/aromatic N) is 3. The first-order valence-corrected chi connectivity index (χ1v) is 7.01. The van der Waals surface area contributed by atoms with Gasteiger partial charge in [-0.3, -0.25) is 0 Å². The average Bonchev–Trinajstić information content (AvgIpc) is 2.53. The van der Waals surface area contributed by atoms with Crippen molar-refractivity contribution in [2.45, 2.75) is 25.3 Å². The van der Waals surface area contributed by atoms with Gasteiger partial charge in [0.15, 0.2) is 5.82 Å². The summed E-state index contributed by atoms with van der Waals surface area (Å²) < 4.78 is 5.40. The van der Waals surface area contributed by atoms with E-state index in [-0.39, 0.29) is 12.6 Å². The zero-order valence-electron chi connectivity index (χ0n) is 11.6. The maximum absolute atomic E-state index is 9.57. The van der Waals surface area contributed by atoms with Crippen molar-refractivity contribution in [3.8, 4) is 5.88 Å². The third kappa shape index (κ3) is 2.29. The second kappa shape index (κ2) is 5.63. The first-order chi connectivity index (χ1) is 9.83. The molecule has 3 rings (SSSR count). The van der Waals surface area contributed by atoms with Crippen molar-refractivity contribution < 1.29 is 9.84 Å². The van der Waals surface area contributed by atoms with Gasteiger partial charge in [0, 0.05) is 6.54 Å². The fraction of sp³-hybridized carbons (Fsp3) is 0.467. The number of aliphatic hydroxyl groups excluding tert-OH is 1. The molecule has 1 aromatic carbocycles. The molecule has 1 fully saturated rings. The van der Waals surface area contributed by atoms with E-state index in [9.17, 15) is 5.11 Å². The number of anilines is 1. The number of hydrogen-bond donors (Lipinski definition) is 1. The minimum absolute atomic E-state index is 0.105. The van der Waals surface area contributed by atoms with Gasteiger partial charge < -0.3 is 14.7 Å². The second-order valence-electron chi connectivity index (χ2n) is 5.07. The standard InChI is InChI=1S/C15H19N3O2/c1-20-15-14(18-9-5-4-6-11(18)10-19)16-12-7-2-3-8-13(12)17-15/h2-3,7-8,11,19H,4-6,9-10H2,1H3/t11-/m0/s1. The molecule has 0 spiro atoms. The molecule has 1 aliphatic rings. The molecule has 1 saturated heterocycles. The van der Waals surface area contributed by atoms with Gasteiger partial charge in [-0.1, -0.05) is 12.1 Å². The molecule has 20 heavy (non-hydrogen) atoms. The van der Waals surface area contributed by atoms with Crippen molar-refractivity contribution in [2.24, 2.45) is 0 Å². The molecule has 0 amide bonds. The van der Waals surface area contributed by atoms with E-state index in [1.54, 1.807) is 7.11 Å². The highest BCUT2D eigenvalue weighted by molar-refractivity contribution is 5.77. The number of aromatic nitrogens is 2. The van der Waals surface area contributed by atoms with Crippen LogP contribution in [0.25, 0.3) is 11.0 Å². The third-order valence-electron chi connectivity index (χ3n) is 3.82. The molecule has 0 unspecified atom stereocenters. The van der Waals surface area contributed by atoms with Gasteiger partial charge in [-0.05, 0) is 31.4 Å². The van der Waals surface area contributed by atoms with Crippen molar-refractivity contribution in [1.82, 2.24) is 9.97 Å². The van der Waals surface area contributed by atoms with E-state index in [0.29, 0.717) is 5.88 Å². The molecule has 2 heterocycles. The monoisotopic (exact) mass is 273 g/mol. The largest absolute Gasteiger partial charge is 0.478 e. The zero-order valence-corrected chi connectivity index (χ0v) is 11.6. The Balaban J connectivity index is 2.08. The second-order valence-corrected chi connectivity index (χ2v) is 5.07. The molecule has 0 saturated carbocycles. The molecule has 1 aliphatic heterocycles. The molecule has 0 radical (unpaired) electrons. The highest BCUT2D eigenvalue weighted by Crippen LogP contribution is 2.31. The van der Waals surface area contributed by atoms with E-state index in [2.05, 4.69) is 9.88 Å². The molecule has 2 aromatic rings. The topological polar surface area (TPSA) is 58.5 Å². The zero-order chi connectivity index (χ0) is 13.9. The molecular weight excluding hydrogens is 254 g/mol. The summed E-state index contributed by atoms with van der Waals surface area (Å²) in [5.74, 6) is 1.27. The van der Waals surface area contributed by atoms with E-state index in [0.717, 1.165) is 42.7 Å². The SMILES string of the molecule is COc1nc2ccccc2nc1N1CCCC[C@H]1CO. The van der Waals surface area contributed by atoms with Gasteiger partial charge in [0.25, 0.3) is 5.88 Å². The highest BCUT2D eigenvalue weighted by Gasteiger charge is 2.26. The van der Waals surface area contributed by atoms with E-state index in [4.69, 9.17) is 9.72 Å². The summed E-state index contributed by atoms with van der Waals surface area (Å²) in [6.07, 6.45) is 3.23. The summed E-state index contributed by atoms with van der Waals surface area (Å²) in [7, 11) is 1.61. The van der Waals surface area contributed by atoms with Gasteiger partial charge in [-0.2, -0.15) is 0 Å². The normalized spacial score (nSPS) is 19.3. The third-order valence-corrected chi connectivity index (χ3v) is 3.82. The predicted molar refractivity (Wildman–Crippen MR) is 78.2 cm³/mol. The van der Waals surface area contributed by atoms with Gasteiger partial charge in [0.1, 0.15) is 0 Å². The van der Waals surface area contributed by atoms with Gasteiger partial charge >= 0.3 is 0 Å². The summed E-state index contributed by atoms with van der Waals surface area (Å²) in [5, 5.41) is 9.57. The van der Waals surface area contributed by atoms with Crippen LogP contribution >= 0.6 is 0 Å². The lowest BCUT2D eigenvalue weighted by atomic mass is 10.0. The fourth-order valence-electron chi connectivity index (χ4n) is 2.77. The Morgan fingerprint density at radius 2 is 2.00 bits per heavy atom. The fourth-order valence-corrected chi connectivity index (χ4v) is 2.77. The van der Waals surface area contributed by atoms with E-state index in [1.165, 1.54) is 0 Å². The maximum Gasteiger partial charge on any atom is 0.257 e. The number of benzene rings is 1. The van der Waals surface area contributed by atoms with Gasteiger partial charge in [-0.15, -0.1) is 0 Å². The first kappa shape index (κ1) is 13.1. The average molecular weight is 273 g/mol. The van der Waals surface area contributed by atoms with Crippen LogP contribution in [0.2, 0.25) is 0 Å². The molecule has 5 nitrogen and oxygen atoms in total. The number of rotatable bonds is 3. The summed E-state index contributed by atoms with van der Waals surface area (Å²) in [4.78, 5) is 11.4. The molecular formula is C15H19N3O2. The van der Waals surface area contributed by atoms with Crippen LogP contribution in [0.1, 0.15) is 19.3 Å². The molecule has 0 aliphatic carbocycles. The molecule has 106 valence electrons. The number of para-hydroxylation sites is 2. The number of ether oxygens (including phenoxy) is 1. The van der Waals surface area contributed by atoms with Crippen LogP contribution in [-0.2, 0) is 0 Å². The van der Waals surface area contributed by atoms with Crippen molar-refractivity contribution >= 4 is 16.9 Å². The van der Waals surface area contributed by atoms with Crippen molar-refractivity contribution in [2.75, 3.05) is 25.2 Å². The van der Waals surface area contributed by atoms with Crippen molar-refractivity contribution in [1.29, 1.82) is 0 Å². The number of fused-ring (bicyclic) bond motifs is 1. The number of hydrogen-bond acceptors (Lipinski definition) is 5. The van der Waals surface area contributed by atoms with Crippen LogP contribution in [0.3, 0.4) is 0 Å². The summed E-state index contributed by atoms with van der Waals surface area (Å²) in [6.45, 7) is 1.02. The minimum Gasteiger partial charge on any atom is -0.478 e. The lowest BCUT2D eigenvalue weighted by Crippen LogP contribution is -2.42. The van der Waals surface area contributed by atoms with Crippen LogP contribution in [0.15, 0.2) is 24.3 Å². The van der Waals surface area contributed by atoms with Gasteiger partial charge in [0.05, 0.1) is 30.8 Å². The molecule has 0 bridgehead atoms. The smallest absolute Gasteiger partial charge is 0.257 e. The Kier molecular flexibility index (Phi) is 3.69. The summed E-state index contributed by atoms with van der Waals surface area (Å²) >= 11 is 0. The van der Waals surface area contributed by atoms with Crippen LogP contribution in [0.4, 0.5) is 5.82 Å². The first-order valence-electron chi connectivity index (χ1n) is 7.01. The van der Waals surface area contributed by atoms with Crippen molar-refractivity contribution in [3.05, 3.63) is 24.3 Å². The van der Waals surface area contributed by atoms with E-state index in [1.807, 2.05) is 24.3 Å². The Morgan fingerprint density at radius 1 is 1.25 bits per heavy atom. The van der Waals surface area contributed by atoms with Crippen LogP contribution < -0.4 is 9.64 Å². The Labute approximate surface area is 118 Å². The summed E-state index contributed by atoms with van der Waals surface area (Å²) in [5.41, 5.74) is 1.68. The number of aliphatic hydroxyl groups is 1. The number of piperidine rings is 1. The predicted octanol–water partition coefficient (Wildman–Crippen LogP) is 1.99. The summed E-state index contributed by atoms with van der Waals surface area (Å²) in [6, 6.07) is 7.87. The highest BCUT2D eigenvalue weighted by atomic mass is 16.5. The quantitative estimate of drug-likeness (QED) is 0.926. The lowest BCUT2D eigenvalue weighted by molar-refractivity contribution is 0.238. The molecule has 1 atom stereocenters. The molecule has 1 aromatic heterocycles. The van der Waals surface area contributed by atoms with Gasteiger partial charge in [-0.25, -0.2) is 9.97 Å².